The van der Waals surface area contributed by atoms with Gasteiger partial charge in [-0.15, -0.1) is 5.10 Å². The molecule has 0 unspecified atom stereocenters. The Balaban J connectivity index is 1.41. The number of nitrogens with one attached hydrogen (secondary N) is 1. The summed E-state index contributed by atoms with van der Waals surface area (Å²) in [6, 6.07) is 17.9. The third-order valence-electron chi connectivity index (χ3n) is 4.79. The number of anilines is 4. The highest BCUT2D eigenvalue weighted by atomic mass is 15.3. The molecule has 1 aliphatic rings. The van der Waals surface area contributed by atoms with E-state index in [1.54, 1.807) is 18.3 Å². The molecule has 0 amide bonds. The monoisotopic (exact) mass is 371 g/mol. The van der Waals surface area contributed by atoms with E-state index in [1.807, 2.05) is 12.1 Å². The number of nitrogens with zero attached hydrogens (tertiary/aromatic N) is 6. The summed E-state index contributed by atoms with van der Waals surface area (Å²) in [5.74, 6) is 1.26. The summed E-state index contributed by atoms with van der Waals surface area (Å²) in [5, 5.41) is 20.2. The molecule has 1 aromatic heterocycles. The first-order chi connectivity index (χ1) is 13.7. The lowest BCUT2D eigenvalue weighted by molar-refractivity contribution is 0.644. The van der Waals surface area contributed by atoms with Gasteiger partial charge in [-0.3, -0.25) is 0 Å². The molecule has 1 fully saturated rings. The molecule has 1 aliphatic heterocycles. The molecule has 1 saturated heterocycles. The fourth-order valence-electron chi connectivity index (χ4n) is 3.28. The quantitative estimate of drug-likeness (QED) is 0.754. The zero-order valence-electron chi connectivity index (χ0n) is 15.7. The second-order valence-corrected chi connectivity index (χ2v) is 6.77. The van der Waals surface area contributed by atoms with Crippen LogP contribution >= 0.6 is 0 Å². The van der Waals surface area contributed by atoms with Crippen molar-refractivity contribution >= 4 is 23.1 Å². The number of rotatable bonds is 4. The number of aryl methyl sites for hydroxylation is 1. The summed E-state index contributed by atoms with van der Waals surface area (Å²) >= 11 is 0. The van der Waals surface area contributed by atoms with Crippen molar-refractivity contribution in [3.63, 3.8) is 0 Å². The van der Waals surface area contributed by atoms with Crippen LogP contribution in [0.3, 0.4) is 0 Å². The SMILES string of the molecule is Cc1cccc(N2CCN(c3cnnc(Nc4ccc(C#N)cc4)n3)CC2)c1. The third-order valence-corrected chi connectivity index (χ3v) is 4.79. The number of hydrogen-bond donors (Lipinski definition) is 1. The van der Waals surface area contributed by atoms with Gasteiger partial charge in [-0.05, 0) is 48.9 Å². The van der Waals surface area contributed by atoms with Gasteiger partial charge in [-0.1, -0.05) is 12.1 Å². The maximum absolute atomic E-state index is 8.89. The lowest BCUT2D eigenvalue weighted by atomic mass is 10.2. The van der Waals surface area contributed by atoms with Gasteiger partial charge in [-0.25, -0.2) is 0 Å². The Morgan fingerprint density at radius 3 is 2.46 bits per heavy atom. The smallest absolute Gasteiger partial charge is 0.249 e. The van der Waals surface area contributed by atoms with Crippen molar-refractivity contribution in [1.29, 1.82) is 5.26 Å². The third kappa shape index (κ3) is 4.01. The van der Waals surface area contributed by atoms with Crippen molar-refractivity contribution in [1.82, 2.24) is 15.2 Å². The van der Waals surface area contributed by atoms with Crippen LogP contribution in [0, 0.1) is 18.3 Å². The lowest BCUT2D eigenvalue weighted by Crippen LogP contribution is -2.47. The van der Waals surface area contributed by atoms with Crippen molar-refractivity contribution in [2.75, 3.05) is 41.3 Å². The van der Waals surface area contributed by atoms with Crippen LogP contribution in [0.4, 0.5) is 23.1 Å². The van der Waals surface area contributed by atoms with Crippen molar-refractivity contribution in [3.8, 4) is 6.07 Å². The van der Waals surface area contributed by atoms with Gasteiger partial charge in [0.25, 0.3) is 0 Å². The zero-order valence-corrected chi connectivity index (χ0v) is 15.7. The molecule has 0 bridgehead atoms. The van der Waals surface area contributed by atoms with E-state index in [1.165, 1.54) is 11.3 Å². The van der Waals surface area contributed by atoms with Crippen LogP contribution in [-0.2, 0) is 0 Å². The number of benzene rings is 2. The topological polar surface area (TPSA) is 81.0 Å². The van der Waals surface area contributed by atoms with E-state index >= 15 is 0 Å². The van der Waals surface area contributed by atoms with Gasteiger partial charge in [0.15, 0.2) is 5.82 Å². The second-order valence-electron chi connectivity index (χ2n) is 6.77. The number of hydrogen-bond acceptors (Lipinski definition) is 7. The predicted molar refractivity (Wildman–Crippen MR) is 110 cm³/mol. The van der Waals surface area contributed by atoms with E-state index in [0.29, 0.717) is 11.5 Å². The van der Waals surface area contributed by atoms with Crippen molar-refractivity contribution in [2.24, 2.45) is 0 Å². The standard InChI is InChI=1S/C21H21N7/c1-16-3-2-4-19(13-16)27-9-11-28(12-10-27)20-15-23-26-21(25-20)24-18-7-5-17(14-22)6-8-18/h2-8,13,15H,9-12H2,1H3,(H,24,25,26). The highest BCUT2D eigenvalue weighted by Gasteiger charge is 2.19. The number of piperazine rings is 1. The number of nitriles is 1. The number of aromatic nitrogens is 3. The second kappa shape index (κ2) is 7.92. The van der Waals surface area contributed by atoms with E-state index in [4.69, 9.17) is 5.26 Å². The first kappa shape index (κ1) is 17.7. The lowest BCUT2D eigenvalue weighted by Gasteiger charge is -2.36. The van der Waals surface area contributed by atoms with Crippen molar-refractivity contribution in [2.45, 2.75) is 6.92 Å². The molecule has 2 heterocycles. The minimum Gasteiger partial charge on any atom is -0.368 e. The summed E-state index contributed by atoms with van der Waals surface area (Å²) in [7, 11) is 0. The van der Waals surface area contributed by atoms with Crippen LogP contribution in [0.1, 0.15) is 11.1 Å². The average Bonchev–Trinajstić information content (AvgIpc) is 2.75. The molecular weight excluding hydrogens is 350 g/mol. The highest BCUT2D eigenvalue weighted by Crippen LogP contribution is 2.21. The Hall–Kier alpha value is -3.66. The molecule has 140 valence electrons. The summed E-state index contributed by atoms with van der Waals surface area (Å²) in [5.41, 5.74) is 3.98. The van der Waals surface area contributed by atoms with Gasteiger partial charge >= 0.3 is 0 Å². The molecule has 0 atom stereocenters. The first-order valence-electron chi connectivity index (χ1n) is 9.25. The summed E-state index contributed by atoms with van der Waals surface area (Å²) < 4.78 is 0. The highest BCUT2D eigenvalue weighted by molar-refractivity contribution is 5.56. The van der Waals surface area contributed by atoms with Gasteiger partial charge in [-0.2, -0.15) is 15.3 Å². The maximum atomic E-state index is 8.89. The average molecular weight is 371 g/mol. The van der Waals surface area contributed by atoms with Gasteiger partial charge in [0.2, 0.25) is 5.95 Å². The molecule has 1 N–H and O–H groups in total. The molecule has 0 aliphatic carbocycles. The van der Waals surface area contributed by atoms with E-state index in [-0.39, 0.29) is 0 Å². The van der Waals surface area contributed by atoms with Crippen LogP contribution in [0.2, 0.25) is 0 Å². The van der Waals surface area contributed by atoms with E-state index in [2.05, 4.69) is 67.6 Å². The Kier molecular flexibility index (Phi) is 5.02. The molecule has 0 saturated carbocycles. The van der Waals surface area contributed by atoms with E-state index in [0.717, 1.165) is 37.7 Å². The maximum Gasteiger partial charge on any atom is 0.249 e. The molecular formula is C21H21N7. The van der Waals surface area contributed by atoms with Gasteiger partial charge in [0, 0.05) is 37.6 Å². The Labute approximate surface area is 164 Å². The minimum absolute atomic E-state index is 0.448. The molecule has 28 heavy (non-hydrogen) atoms. The fraction of sp³-hybridized carbons (Fsp3) is 0.238. The Bertz CT molecular complexity index is 986. The fourth-order valence-corrected chi connectivity index (χ4v) is 3.28. The van der Waals surface area contributed by atoms with Crippen LogP contribution in [-0.4, -0.2) is 41.4 Å². The van der Waals surface area contributed by atoms with E-state index < -0.39 is 0 Å². The molecule has 7 nitrogen and oxygen atoms in total. The Morgan fingerprint density at radius 1 is 1.00 bits per heavy atom. The van der Waals surface area contributed by atoms with Crippen LogP contribution < -0.4 is 15.1 Å². The predicted octanol–water partition coefficient (Wildman–Crippen LogP) is 3.12. The largest absolute Gasteiger partial charge is 0.368 e. The summed E-state index contributed by atoms with van der Waals surface area (Å²) in [4.78, 5) is 9.23. The normalized spacial score (nSPS) is 13.9. The Morgan fingerprint density at radius 2 is 1.75 bits per heavy atom. The summed E-state index contributed by atoms with van der Waals surface area (Å²) in [6.45, 7) is 5.75. The molecule has 3 aromatic rings. The molecule has 4 rings (SSSR count). The van der Waals surface area contributed by atoms with Crippen LogP contribution in [0.25, 0.3) is 0 Å². The van der Waals surface area contributed by atoms with Gasteiger partial charge < -0.3 is 15.1 Å². The van der Waals surface area contributed by atoms with E-state index in [9.17, 15) is 0 Å². The zero-order chi connectivity index (χ0) is 19.3. The van der Waals surface area contributed by atoms with Crippen molar-refractivity contribution in [3.05, 3.63) is 65.9 Å². The van der Waals surface area contributed by atoms with Gasteiger partial charge in [0.1, 0.15) is 0 Å². The summed E-state index contributed by atoms with van der Waals surface area (Å²) in [6.07, 6.45) is 1.70. The van der Waals surface area contributed by atoms with Gasteiger partial charge in [0.05, 0.1) is 17.8 Å². The first-order valence-corrected chi connectivity index (χ1v) is 9.25. The molecule has 0 spiro atoms. The molecule has 7 heteroatoms. The van der Waals surface area contributed by atoms with Crippen LogP contribution in [0.5, 0.6) is 0 Å². The molecule has 0 radical (unpaired) electrons. The molecule has 2 aromatic carbocycles. The minimum atomic E-state index is 0.448. The van der Waals surface area contributed by atoms with Crippen LogP contribution in [0.15, 0.2) is 54.7 Å². The van der Waals surface area contributed by atoms with Crippen molar-refractivity contribution < 1.29 is 0 Å².